The van der Waals surface area contributed by atoms with E-state index in [2.05, 4.69) is 37.7 Å². The Balaban J connectivity index is 1.93. The average molecular weight is 229 g/mol. The summed E-state index contributed by atoms with van der Waals surface area (Å²) in [6.07, 6.45) is 2.30. The zero-order chi connectivity index (χ0) is 10.7. The molecule has 2 heterocycles. The first-order valence-electron chi connectivity index (χ1n) is 4.92. The highest BCUT2D eigenvalue weighted by molar-refractivity contribution is 6.28. The van der Waals surface area contributed by atoms with Crippen molar-refractivity contribution in [1.82, 2.24) is 25.3 Å². The zero-order valence-corrected chi connectivity index (χ0v) is 9.28. The molecular formula is C8H13ClN6. The van der Waals surface area contributed by atoms with Gasteiger partial charge >= 0.3 is 0 Å². The van der Waals surface area contributed by atoms with Crippen molar-refractivity contribution in [2.24, 2.45) is 0 Å². The normalized spacial score (nSPS) is 22.7. The molecule has 0 amide bonds. The summed E-state index contributed by atoms with van der Waals surface area (Å²) in [6.45, 7) is 2.14. The highest BCUT2D eigenvalue weighted by atomic mass is 35.5. The van der Waals surface area contributed by atoms with E-state index in [1.54, 1.807) is 0 Å². The minimum atomic E-state index is 0.0707. The monoisotopic (exact) mass is 228 g/mol. The number of halogens is 1. The van der Waals surface area contributed by atoms with Gasteiger partial charge in [0.15, 0.2) is 0 Å². The van der Waals surface area contributed by atoms with Gasteiger partial charge in [-0.25, -0.2) is 0 Å². The Bertz CT molecular complexity index is 315. The number of piperidine rings is 1. The Labute approximate surface area is 93.0 Å². The lowest BCUT2D eigenvalue weighted by atomic mass is 10.1. The predicted molar refractivity (Wildman–Crippen MR) is 56.8 cm³/mol. The van der Waals surface area contributed by atoms with Crippen LogP contribution in [-0.2, 0) is 0 Å². The fourth-order valence-electron chi connectivity index (χ4n) is 1.74. The van der Waals surface area contributed by atoms with Gasteiger partial charge in [0.1, 0.15) is 0 Å². The lowest BCUT2D eigenvalue weighted by Gasteiger charge is -2.29. The maximum atomic E-state index is 5.49. The van der Waals surface area contributed by atoms with Crippen LogP contribution in [0.4, 0.5) is 5.95 Å². The quantitative estimate of drug-likeness (QED) is 0.792. The molecule has 82 valence electrons. The molecule has 1 aliphatic rings. The smallest absolute Gasteiger partial charge is 0.263 e. The summed E-state index contributed by atoms with van der Waals surface area (Å²) in [5, 5.41) is 18.1. The number of likely N-dealkylation sites (N-methyl/N-ethyl adjacent to an activating group) is 1. The zero-order valence-electron chi connectivity index (χ0n) is 8.52. The van der Waals surface area contributed by atoms with E-state index >= 15 is 0 Å². The van der Waals surface area contributed by atoms with Gasteiger partial charge in [-0.3, -0.25) is 0 Å². The highest BCUT2D eigenvalue weighted by Crippen LogP contribution is 2.11. The maximum Gasteiger partial charge on any atom is 0.263 e. The first kappa shape index (κ1) is 10.5. The molecule has 0 spiro atoms. The molecule has 0 bridgehead atoms. The van der Waals surface area contributed by atoms with Crippen LogP contribution in [0.5, 0.6) is 0 Å². The van der Waals surface area contributed by atoms with Crippen LogP contribution in [0.15, 0.2) is 0 Å². The predicted octanol–water partition coefficient (Wildman–Crippen LogP) is 0.426. The molecule has 1 fully saturated rings. The molecule has 1 N–H and O–H groups in total. The van der Waals surface area contributed by atoms with Gasteiger partial charge in [-0.2, -0.15) is 0 Å². The standard InChI is InChI=1S/C8H13ClN6/c1-15-4-2-3-6(5-15)10-8-13-11-7(9)12-14-8/h6H,2-5H2,1H3,(H,10,13,14)/t6-/m1/s1. The molecule has 0 saturated carbocycles. The van der Waals surface area contributed by atoms with Crippen LogP contribution in [0.1, 0.15) is 12.8 Å². The number of hydrogen-bond acceptors (Lipinski definition) is 6. The summed E-state index contributed by atoms with van der Waals surface area (Å²) in [5.74, 6) is 0.444. The Hall–Kier alpha value is -1.01. The molecule has 1 saturated heterocycles. The molecule has 0 aliphatic carbocycles. The summed E-state index contributed by atoms with van der Waals surface area (Å²) in [4.78, 5) is 2.28. The van der Waals surface area contributed by atoms with Crippen molar-refractivity contribution < 1.29 is 0 Å². The lowest BCUT2D eigenvalue weighted by Crippen LogP contribution is -2.40. The number of nitrogens with zero attached hydrogens (tertiary/aromatic N) is 5. The average Bonchev–Trinajstić information content (AvgIpc) is 2.22. The van der Waals surface area contributed by atoms with Crippen LogP contribution in [0.25, 0.3) is 0 Å². The van der Waals surface area contributed by atoms with Gasteiger partial charge in [0.05, 0.1) is 0 Å². The summed E-state index contributed by atoms with van der Waals surface area (Å²) in [5.41, 5.74) is 0. The van der Waals surface area contributed by atoms with E-state index in [0.29, 0.717) is 12.0 Å². The fraction of sp³-hybridized carbons (Fsp3) is 0.750. The first-order chi connectivity index (χ1) is 7.24. The molecule has 0 radical (unpaired) electrons. The van der Waals surface area contributed by atoms with E-state index in [1.807, 2.05) is 0 Å². The Morgan fingerprint density at radius 2 is 2.07 bits per heavy atom. The van der Waals surface area contributed by atoms with Crippen LogP contribution in [0.3, 0.4) is 0 Å². The lowest BCUT2D eigenvalue weighted by molar-refractivity contribution is 0.260. The van der Waals surface area contributed by atoms with Crippen molar-refractivity contribution in [3.05, 3.63) is 5.28 Å². The summed E-state index contributed by atoms with van der Waals surface area (Å²) >= 11 is 5.49. The summed E-state index contributed by atoms with van der Waals surface area (Å²) < 4.78 is 0. The van der Waals surface area contributed by atoms with Crippen molar-refractivity contribution in [3.8, 4) is 0 Å². The van der Waals surface area contributed by atoms with Gasteiger partial charge in [0, 0.05) is 12.6 Å². The molecule has 15 heavy (non-hydrogen) atoms. The van der Waals surface area contributed by atoms with E-state index in [0.717, 1.165) is 19.5 Å². The molecule has 6 nitrogen and oxygen atoms in total. The molecule has 0 aromatic carbocycles. The van der Waals surface area contributed by atoms with Crippen molar-refractivity contribution in [3.63, 3.8) is 0 Å². The molecule has 0 unspecified atom stereocenters. The van der Waals surface area contributed by atoms with E-state index < -0.39 is 0 Å². The molecule has 2 rings (SSSR count). The van der Waals surface area contributed by atoms with Gasteiger partial charge in [-0.15, -0.1) is 20.4 Å². The van der Waals surface area contributed by atoms with Crippen LogP contribution in [0, 0.1) is 0 Å². The Morgan fingerprint density at radius 1 is 1.33 bits per heavy atom. The second-order valence-corrected chi connectivity index (χ2v) is 4.08. The third-order valence-electron chi connectivity index (χ3n) is 2.41. The number of likely N-dealkylation sites (tertiary alicyclic amines) is 1. The third kappa shape index (κ3) is 2.97. The van der Waals surface area contributed by atoms with Crippen LogP contribution < -0.4 is 5.32 Å². The molecule has 1 aromatic rings. The van der Waals surface area contributed by atoms with Crippen LogP contribution in [-0.4, -0.2) is 51.5 Å². The number of anilines is 1. The summed E-state index contributed by atoms with van der Waals surface area (Å²) in [6, 6.07) is 0.369. The maximum absolute atomic E-state index is 5.49. The molecule has 1 aliphatic heterocycles. The SMILES string of the molecule is CN1CCC[C@@H](Nc2nnc(Cl)nn2)C1. The number of hydrogen-bond donors (Lipinski definition) is 1. The highest BCUT2D eigenvalue weighted by Gasteiger charge is 2.17. The molecule has 1 atom stereocenters. The Morgan fingerprint density at radius 3 is 2.73 bits per heavy atom. The van der Waals surface area contributed by atoms with Crippen molar-refractivity contribution >= 4 is 17.5 Å². The van der Waals surface area contributed by atoms with E-state index in [1.165, 1.54) is 6.42 Å². The fourth-order valence-corrected chi connectivity index (χ4v) is 1.82. The van der Waals surface area contributed by atoms with Crippen molar-refractivity contribution in [2.45, 2.75) is 18.9 Å². The van der Waals surface area contributed by atoms with Gasteiger partial charge in [0.25, 0.3) is 11.2 Å². The first-order valence-corrected chi connectivity index (χ1v) is 5.30. The van der Waals surface area contributed by atoms with Gasteiger partial charge < -0.3 is 10.2 Å². The summed E-state index contributed by atoms with van der Waals surface area (Å²) in [7, 11) is 2.10. The third-order valence-corrected chi connectivity index (χ3v) is 2.56. The van der Waals surface area contributed by atoms with E-state index in [-0.39, 0.29) is 5.28 Å². The van der Waals surface area contributed by atoms with Gasteiger partial charge in [-0.05, 0) is 38.0 Å². The van der Waals surface area contributed by atoms with Gasteiger partial charge in [-0.1, -0.05) is 0 Å². The van der Waals surface area contributed by atoms with Crippen LogP contribution in [0.2, 0.25) is 5.28 Å². The molecular weight excluding hydrogens is 216 g/mol. The van der Waals surface area contributed by atoms with Crippen LogP contribution >= 0.6 is 11.6 Å². The van der Waals surface area contributed by atoms with Crippen molar-refractivity contribution in [1.29, 1.82) is 0 Å². The second-order valence-electron chi connectivity index (χ2n) is 3.74. The largest absolute Gasteiger partial charge is 0.348 e. The number of aromatic nitrogens is 4. The van der Waals surface area contributed by atoms with Gasteiger partial charge in [0.2, 0.25) is 0 Å². The van der Waals surface area contributed by atoms with Crippen molar-refractivity contribution in [2.75, 3.05) is 25.5 Å². The second kappa shape index (κ2) is 4.67. The minimum absolute atomic E-state index is 0.0707. The minimum Gasteiger partial charge on any atom is -0.348 e. The molecule has 1 aromatic heterocycles. The van der Waals surface area contributed by atoms with E-state index in [9.17, 15) is 0 Å². The topological polar surface area (TPSA) is 66.8 Å². The number of rotatable bonds is 2. The Kier molecular flexibility index (Phi) is 3.27. The molecule has 7 heteroatoms. The number of nitrogens with one attached hydrogen (secondary N) is 1. The van der Waals surface area contributed by atoms with E-state index in [4.69, 9.17) is 11.6 Å².